The highest BCUT2D eigenvalue weighted by molar-refractivity contribution is 6.25. The summed E-state index contributed by atoms with van der Waals surface area (Å²) in [7, 11) is 1.19. The Hall–Kier alpha value is -6.49. The second-order valence-electron chi connectivity index (χ2n) is 14.6. The van der Waals surface area contributed by atoms with Crippen LogP contribution in [-0.4, -0.2) is 70.7 Å². The SMILES string of the molecule is COC(=O)C(NC(=O)N1C(=O)C2(c3cc(C#CCCO)ccc31)C(C(N)=O)C1C(=O)OC(c3ccccc3)C(c3ccccc3)N1C2c1ccc(O)cc1)C(C)C. The molecule has 2 saturated heterocycles. The predicted octanol–water partition coefficient (Wildman–Crippen LogP) is 4.18. The summed E-state index contributed by atoms with van der Waals surface area (Å²) in [5.74, 6) is 0.318. The Bertz CT molecular complexity index is 2270. The maximum atomic E-state index is 15.8. The normalized spacial score (nSPS) is 24.2. The fourth-order valence-corrected chi connectivity index (χ4v) is 8.71. The number of anilines is 1. The molecule has 13 heteroatoms. The van der Waals surface area contributed by atoms with Crippen LogP contribution < -0.4 is 16.0 Å². The zero-order chi connectivity index (χ0) is 40.6. The quantitative estimate of drug-likeness (QED) is 0.150. The first kappa shape index (κ1) is 38.8. The van der Waals surface area contributed by atoms with Crippen LogP contribution in [-0.2, 0) is 34.1 Å². The highest BCUT2D eigenvalue weighted by Gasteiger charge is 2.75. The Labute approximate surface area is 329 Å². The second-order valence-corrected chi connectivity index (χ2v) is 14.6. The minimum absolute atomic E-state index is 0.0724. The average Bonchev–Trinajstić information content (AvgIpc) is 3.67. The Balaban J connectivity index is 1.55. The number of nitrogens with one attached hydrogen (secondary N) is 1. The van der Waals surface area contributed by atoms with E-state index in [-0.39, 0.29) is 30.0 Å². The summed E-state index contributed by atoms with van der Waals surface area (Å²) >= 11 is 0. The van der Waals surface area contributed by atoms with Gasteiger partial charge in [-0.25, -0.2) is 14.5 Å². The van der Waals surface area contributed by atoms with Gasteiger partial charge in [-0.05, 0) is 58.5 Å². The maximum absolute atomic E-state index is 15.8. The highest BCUT2D eigenvalue weighted by Crippen LogP contribution is 2.65. The predicted molar refractivity (Wildman–Crippen MR) is 207 cm³/mol. The monoisotopic (exact) mass is 770 g/mol. The molecule has 3 heterocycles. The van der Waals surface area contributed by atoms with Crippen LogP contribution in [0.4, 0.5) is 10.5 Å². The lowest BCUT2D eigenvalue weighted by atomic mass is 9.65. The van der Waals surface area contributed by atoms with Crippen LogP contribution in [0.5, 0.6) is 5.75 Å². The number of benzene rings is 4. The number of ether oxygens (including phenoxy) is 2. The number of nitrogens with two attached hydrogens (primary N) is 1. The number of primary amides is 1. The van der Waals surface area contributed by atoms with Gasteiger partial charge in [0.05, 0.1) is 37.4 Å². The van der Waals surface area contributed by atoms with Crippen LogP contribution in [0.25, 0.3) is 0 Å². The Morgan fingerprint density at radius 2 is 1.56 bits per heavy atom. The molecule has 2 fully saturated rings. The maximum Gasteiger partial charge on any atom is 0.329 e. The van der Waals surface area contributed by atoms with E-state index < -0.39 is 77.3 Å². The fourth-order valence-electron chi connectivity index (χ4n) is 8.71. The van der Waals surface area contributed by atoms with Crippen LogP contribution in [0.2, 0.25) is 0 Å². The molecule has 1 spiro atoms. The van der Waals surface area contributed by atoms with Crippen LogP contribution in [0, 0.1) is 23.7 Å². The van der Waals surface area contributed by atoms with Gasteiger partial charge in [-0.2, -0.15) is 0 Å². The molecule has 7 unspecified atom stereocenters. The molecule has 4 amide bonds. The summed E-state index contributed by atoms with van der Waals surface area (Å²) in [6.07, 6.45) is -0.778. The number of hydrogen-bond acceptors (Lipinski definition) is 10. The Kier molecular flexibility index (Phi) is 10.6. The van der Waals surface area contributed by atoms with Crippen LogP contribution in [0.15, 0.2) is 103 Å². The van der Waals surface area contributed by atoms with Crippen LogP contribution in [0.1, 0.15) is 66.3 Å². The van der Waals surface area contributed by atoms with Gasteiger partial charge in [0.2, 0.25) is 11.8 Å². The van der Waals surface area contributed by atoms with Crippen molar-refractivity contribution in [2.75, 3.05) is 18.6 Å². The molecule has 7 atom stereocenters. The molecule has 5 N–H and O–H groups in total. The number of nitrogens with zero attached hydrogens (tertiary/aromatic N) is 2. The number of carbonyl (C=O) groups is 5. The van der Waals surface area contributed by atoms with Crippen LogP contribution in [0.3, 0.4) is 0 Å². The van der Waals surface area contributed by atoms with Gasteiger partial charge in [0.25, 0.3) is 0 Å². The van der Waals surface area contributed by atoms with Gasteiger partial charge in [-0.3, -0.25) is 19.3 Å². The number of aliphatic hydroxyl groups is 1. The van der Waals surface area contributed by atoms with Gasteiger partial charge in [-0.15, -0.1) is 0 Å². The number of esters is 2. The number of methoxy groups -OCH3 is 1. The minimum Gasteiger partial charge on any atom is -0.508 e. The van der Waals surface area contributed by atoms with E-state index in [0.29, 0.717) is 22.3 Å². The van der Waals surface area contributed by atoms with Crippen molar-refractivity contribution in [3.63, 3.8) is 0 Å². The van der Waals surface area contributed by atoms with Gasteiger partial charge in [0.1, 0.15) is 29.4 Å². The summed E-state index contributed by atoms with van der Waals surface area (Å²) in [5, 5.41) is 22.6. The standard InChI is InChI=1S/C44H42N4O9/c1-25(2)34(40(52)56-3)46-43(55)47-32-22-17-26(12-10-11-23-49)24-31(32)44(42(47)54)33(39(45)51)36-41(53)57-37(28-15-8-5-9-16-28)35(27-13-6-4-7-14-27)48(36)38(44)29-18-20-30(50)21-19-29/h4-9,13-22,24-25,33-38,49-50H,11,23H2,1-3H3,(H2,45,51)(H,46,55). The number of cyclic esters (lactones) is 1. The van der Waals surface area contributed by atoms with Crippen molar-refractivity contribution in [3.05, 3.63) is 131 Å². The van der Waals surface area contributed by atoms with Crippen molar-refractivity contribution < 1.29 is 43.7 Å². The first-order valence-electron chi connectivity index (χ1n) is 18.6. The number of phenolic OH excluding ortho intramolecular Hbond substituents is 1. The number of amides is 4. The van der Waals surface area contributed by atoms with Crippen LogP contribution >= 0.6 is 0 Å². The van der Waals surface area contributed by atoms with Crippen molar-refractivity contribution in [2.24, 2.45) is 17.6 Å². The third-order valence-electron chi connectivity index (χ3n) is 11.0. The lowest BCUT2D eigenvalue weighted by molar-refractivity contribution is -0.178. The number of fused-ring (bicyclic) bond motifs is 3. The third-order valence-corrected chi connectivity index (χ3v) is 11.0. The molecule has 7 rings (SSSR count). The summed E-state index contributed by atoms with van der Waals surface area (Å²) in [5.41, 5.74) is 6.73. The number of morpholine rings is 1. The zero-order valence-corrected chi connectivity index (χ0v) is 31.5. The summed E-state index contributed by atoms with van der Waals surface area (Å²) in [6, 6.07) is 23.6. The summed E-state index contributed by atoms with van der Waals surface area (Å²) in [6.45, 7) is 3.22. The Morgan fingerprint density at radius 3 is 2.16 bits per heavy atom. The molecule has 3 aliphatic heterocycles. The van der Waals surface area contributed by atoms with E-state index in [1.807, 2.05) is 60.7 Å². The first-order valence-corrected chi connectivity index (χ1v) is 18.6. The molecule has 4 aromatic rings. The van der Waals surface area contributed by atoms with Crippen molar-refractivity contribution >= 4 is 35.5 Å². The largest absolute Gasteiger partial charge is 0.508 e. The highest BCUT2D eigenvalue weighted by atomic mass is 16.6. The molecule has 4 aromatic carbocycles. The van der Waals surface area contributed by atoms with E-state index in [2.05, 4.69) is 17.2 Å². The van der Waals surface area contributed by atoms with Gasteiger partial charge >= 0.3 is 18.0 Å². The number of urea groups is 1. The Morgan fingerprint density at radius 1 is 0.912 bits per heavy atom. The fraction of sp³-hybridized carbons (Fsp3) is 0.295. The zero-order valence-electron chi connectivity index (χ0n) is 31.5. The molecule has 0 aliphatic carbocycles. The number of rotatable bonds is 8. The van der Waals surface area contributed by atoms with E-state index in [4.69, 9.17) is 15.2 Å². The van der Waals surface area contributed by atoms with Crippen molar-refractivity contribution in [3.8, 4) is 17.6 Å². The third kappa shape index (κ3) is 6.46. The second kappa shape index (κ2) is 15.6. The van der Waals surface area contributed by atoms with E-state index in [0.717, 1.165) is 4.90 Å². The number of hydrogen-bond donors (Lipinski definition) is 4. The van der Waals surface area contributed by atoms with E-state index in [9.17, 15) is 29.4 Å². The van der Waals surface area contributed by atoms with Gasteiger partial charge in [-0.1, -0.05) is 98.5 Å². The van der Waals surface area contributed by atoms with Crippen molar-refractivity contribution in [1.82, 2.24) is 10.2 Å². The smallest absolute Gasteiger partial charge is 0.329 e. The van der Waals surface area contributed by atoms with Gasteiger partial charge in [0, 0.05) is 12.0 Å². The molecule has 0 radical (unpaired) electrons. The topological polar surface area (TPSA) is 189 Å². The molecule has 0 bridgehead atoms. The number of aliphatic hydroxyl groups excluding tert-OH is 1. The molecule has 0 saturated carbocycles. The molecule has 57 heavy (non-hydrogen) atoms. The average molecular weight is 771 g/mol. The van der Waals surface area contributed by atoms with Gasteiger partial charge in [0.15, 0.2) is 0 Å². The molecule has 3 aliphatic rings. The lowest BCUT2D eigenvalue weighted by Crippen LogP contribution is -2.57. The first-order chi connectivity index (χ1) is 27.4. The van der Waals surface area contributed by atoms with Gasteiger partial charge < -0.3 is 30.7 Å². The van der Waals surface area contributed by atoms with E-state index >= 15 is 4.79 Å². The number of aromatic hydroxyl groups is 1. The molecular formula is C44H42N4O9. The summed E-state index contributed by atoms with van der Waals surface area (Å²) in [4.78, 5) is 74.9. The number of carbonyl (C=O) groups excluding carboxylic acids is 5. The van der Waals surface area contributed by atoms with E-state index in [1.165, 1.54) is 25.3 Å². The minimum atomic E-state index is -2.09. The number of imide groups is 1. The molecular weight excluding hydrogens is 729 g/mol. The number of phenols is 1. The molecule has 13 nitrogen and oxygen atoms in total. The molecule has 0 aromatic heterocycles. The lowest BCUT2D eigenvalue weighted by Gasteiger charge is -2.46. The van der Waals surface area contributed by atoms with Crippen molar-refractivity contribution in [2.45, 2.75) is 56.0 Å². The molecule has 292 valence electrons. The van der Waals surface area contributed by atoms with E-state index in [1.54, 1.807) is 43.0 Å². The summed E-state index contributed by atoms with van der Waals surface area (Å²) < 4.78 is 11.3. The van der Waals surface area contributed by atoms with Crippen molar-refractivity contribution in [1.29, 1.82) is 0 Å².